The van der Waals surface area contributed by atoms with Crippen LogP contribution >= 0.6 is 0 Å². The SMILES string of the molecule is CN(C(=O)Cc1cccnc1)C1CCN(c2ccc(NC(=O)Nc3ccc(OC4CCCC4)cc3)cc2)C1. The third-order valence-electron chi connectivity index (χ3n) is 7.39. The fraction of sp³-hybridized carbons (Fsp3) is 0.367. The van der Waals surface area contributed by atoms with Gasteiger partial charge in [0.05, 0.1) is 18.6 Å². The van der Waals surface area contributed by atoms with Crippen LogP contribution in [0.3, 0.4) is 0 Å². The highest BCUT2D eigenvalue weighted by atomic mass is 16.5. The molecular formula is C30H35N5O3. The molecule has 1 atom stereocenters. The van der Waals surface area contributed by atoms with Crippen LogP contribution in [0.2, 0.25) is 0 Å². The molecule has 1 aliphatic heterocycles. The van der Waals surface area contributed by atoms with Crippen molar-refractivity contribution in [2.24, 2.45) is 0 Å². The first-order valence-electron chi connectivity index (χ1n) is 13.4. The highest BCUT2D eigenvalue weighted by molar-refractivity contribution is 5.99. The average Bonchev–Trinajstić information content (AvgIpc) is 3.63. The van der Waals surface area contributed by atoms with Crippen LogP contribution in [-0.4, -0.2) is 54.1 Å². The zero-order chi connectivity index (χ0) is 26.3. The molecule has 1 saturated carbocycles. The summed E-state index contributed by atoms with van der Waals surface area (Å²) in [5.74, 6) is 0.943. The van der Waals surface area contributed by atoms with Gasteiger partial charge < -0.3 is 25.2 Å². The number of benzene rings is 2. The number of anilines is 3. The Morgan fingerprint density at radius 2 is 1.66 bits per heavy atom. The van der Waals surface area contributed by atoms with Crippen LogP contribution in [0.5, 0.6) is 5.75 Å². The van der Waals surface area contributed by atoms with Gasteiger partial charge in [-0.25, -0.2) is 4.79 Å². The van der Waals surface area contributed by atoms with Crippen molar-refractivity contribution in [2.45, 2.75) is 50.7 Å². The molecule has 1 aromatic heterocycles. The molecule has 3 amide bonds. The number of aromatic nitrogens is 1. The summed E-state index contributed by atoms with van der Waals surface area (Å²) in [6.45, 7) is 1.66. The molecule has 38 heavy (non-hydrogen) atoms. The van der Waals surface area contributed by atoms with E-state index in [1.807, 2.05) is 72.6 Å². The van der Waals surface area contributed by atoms with Crippen LogP contribution in [0.15, 0.2) is 73.1 Å². The number of carbonyl (C=O) groups excluding carboxylic acids is 2. The molecule has 2 heterocycles. The second kappa shape index (κ2) is 12.0. The number of amides is 3. The van der Waals surface area contributed by atoms with Gasteiger partial charge in [0.25, 0.3) is 0 Å². The fourth-order valence-corrected chi connectivity index (χ4v) is 5.16. The van der Waals surface area contributed by atoms with Crippen LogP contribution in [0.4, 0.5) is 21.9 Å². The molecule has 2 aliphatic rings. The lowest BCUT2D eigenvalue weighted by Crippen LogP contribution is -2.39. The number of urea groups is 1. The van der Waals surface area contributed by atoms with Crippen LogP contribution in [0, 0.1) is 0 Å². The first-order chi connectivity index (χ1) is 18.5. The maximum atomic E-state index is 12.7. The molecule has 2 fully saturated rings. The highest BCUT2D eigenvalue weighted by Gasteiger charge is 2.28. The third-order valence-corrected chi connectivity index (χ3v) is 7.39. The number of hydrogen-bond donors (Lipinski definition) is 2. The van der Waals surface area contributed by atoms with Gasteiger partial charge in [-0.15, -0.1) is 0 Å². The zero-order valence-corrected chi connectivity index (χ0v) is 21.8. The van der Waals surface area contributed by atoms with Gasteiger partial charge in [-0.3, -0.25) is 9.78 Å². The van der Waals surface area contributed by atoms with Gasteiger partial charge in [0.1, 0.15) is 5.75 Å². The van der Waals surface area contributed by atoms with Crippen LogP contribution in [-0.2, 0) is 11.2 Å². The van der Waals surface area contributed by atoms with Crippen LogP contribution in [0.1, 0.15) is 37.7 Å². The third kappa shape index (κ3) is 6.62. The zero-order valence-electron chi connectivity index (χ0n) is 21.8. The predicted molar refractivity (Wildman–Crippen MR) is 150 cm³/mol. The smallest absolute Gasteiger partial charge is 0.323 e. The summed E-state index contributed by atoms with van der Waals surface area (Å²) < 4.78 is 5.99. The fourth-order valence-electron chi connectivity index (χ4n) is 5.16. The molecule has 8 heteroatoms. The molecule has 0 radical (unpaired) electrons. The van der Waals surface area contributed by atoms with Crippen molar-refractivity contribution >= 4 is 29.0 Å². The van der Waals surface area contributed by atoms with E-state index in [1.165, 1.54) is 12.8 Å². The normalized spacial score (nSPS) is 17.3. The lowest BCUT2D eigenvalue weighted by atomic mass is 10.1. The number of nitrogens with one attached hydrogen (secondary N) is 2. The average molecular weight is 514 g/mol. The molecule has 3 aromatic rings. The van der Waals surface area contributed by atoms with Gasteiger partial charge >= 0.3 is 6.03 Å². The number of likely N-dealkylation sites (N-methyl/N-ethyl adjacent to an activating group) is 1. The second-order valence-corrected chi connectivity index (χ2v) is 10.1. The summed E-state index contributed by atoms with van der Waals surface area (Å²) in [5, 5.41) is 5.76. The molecule has 2 aromatic carbocycles. The van der Waals surface area contributed by atoms with Gasteiger partial charge in [-0.05, 0) is 92.3 Å². The maximum Gasteiger partial charge on any atom is 0.323 e. The Hall–Kier alpha value is -4.07. The highest BCUT2D eigenvalue weighted by Crippen LogP contribution is 2.26. The number of rotatable bonds is 8. The summed E-state index contributed by atoms with van der Waals surface area (Å²) >= 11 is 0. The van der Waals surface area contributed by atoms with Crippen LogP contribution < -0.4 is 20.3 Å². The molecule has 1 saturated heterocycles. The number of nitrogens with zero attached hydrogens (tertiary/aromatic N) is 3. The molecule has 1 unspecified atom stereocenters. The maximum absolute atomic E-state index is 12.7. The monoisotopic (exact) mass is 513 g/mol. The Balaban J connectivity index is 1.08. The number of carbonyl (C=O) groups is 2. The molecule has 8 nitrogen and oxygen atoms in total. The molecule has 5 rings (SSSR count). The first kappa shape index (κ1) is 25.6. The largest absolute Gasteiger partial charge is 0.490 e. The minimum absolute atomic E-state index is 0.103. The van der Waals surface area contributed by atoms with Crippen molar-refractivity contribution in [3.63, 3.8) is 0 Å². The van der Waals surface area contributed by atoms with E-state index in [-0.39, 0.29) is 18.0 Å². The lowest BCUT2D eigenvalue weighted by molar-refractivity contribution is -0.130. The van der Waals surface area contributed by atoms with Crippen molar-refractivity contribution in [3.05, 3.63) is 78.6 Å². The van der Waals surface area contributed by atoms with E-state index in [0.29, 0.717) is 23.9 Å². The van der Waals surface area contributed by atoms with E-state index in [2.05, 4.69) is 20.5 Å². The lowest BCUT2D eigenvalue weighted by Gasteiger charge is -2.25. The number of ether oxygens (including phenoxy) is 1. The molecule has 0 spiro atoms. The minimum atomic E-state index is -0.294. The minimum Gasteiger partial charge on any atom is -0.490 e. The molecule has 198 valence electrons. The summed E-state index contributed by atoms with van der Waals surface area (Å²) in [4.78, 5) is 33.5. The summed E-state index contributed by atoms with van der Waals surface area (Å²) in [6.07, 6.45) is 9.74. The molecular weight excluding hydrogens is 478 g/mol. The molecule has 2 N–H and O–H groups in total. The Labute approximate surface area is 224 Å². The van der Waals surface area contributed by atoms with Gasteiger partial charge in [0.15, 0.2) is 0 Å². The predicted octanol–water partition coefficient (Wildman–Crippen LogP) is 5.33. The van der Waals surface area contributed by atoms with E-state index in [0.717, 1.165) is 49.4 Å². The standard InChI is InChI=1S/C30H35N5O3/c1-34(29(36)19-22-5-4-17-31-20-22)26-16-18-35(21-26)25-12-8-23(9-13-25)32-30(37)33-24-10-14-28(15-11-24)38-27-6-2-3-7-27/h4-5,8-15,17,20,26-27H,2-3,6-7,16,18-19,21H2,1H3,(H2,32,33,37). The van der Waals surface area contributed by atoms with E-state index >= 15 is 0 Å². The molecule has 0 bridgehead atoms. The Morgan fingerprint density at radius 1 is 0.974 bits per heavy atom. The van der Waals surface area contributed by atoms with Gasteiger partial charge in [0.2, 0.25) is 5.91 Å². The Kier molecular flexibility index (Phi) is 8.06. The second-order valence-electron chi connectivity index (χ2n) is 10.1. The van der Waals surface area contributed by atoms with Crippen molar-refractivity contribution in [1.82, 2.24) is 9.88 Å². The summed E-state index contributed by atoms with van der Waals surface area (Å²) in [5.41, 5.74) is 3.43. The van der Waals surface area contributed by atoms with E-state index in [4.69, 9.17) is 4.74 Å². The molecule has 1 aliphatic carbocycles. The first-order valence-corrected chi connectivity index (χ1v) is 13.4. The van der Waals surface area contributed by atoms with Crippen molar-refractivity contribution < 1.29 is 14.3 Å². The van der Waals surface area contributed by atoms with Crippen molar-refractivity contribution in [2.75, 3.05) is 35.7 Å². The topological polar surface area (TPSA) is 86.8 Å². The van der Waals surface area contributed by atoms with Gasteiger partial charge in [-0.2, -0.15) is 0 Å². The van der Waals surface area contributed by atoms with Gasteiger partial charge in [-0.1, -0.05) is 6.07 Å². The van der Waals surface area contributed by atoms with Crippen LogP contribution in [0.25, 0.3) is 0 Å². The van der Waals surface area contributed by atoms with Gasteiger partial charge in [0, 0.05) is 49.6 Å². The van der Waals surface area contributed by atoms with E-state index < -0.39 is 0 Å². The van der Waals surface area contributed by atoms with E-state index in [1.54, 1.807) is 12.4 Å². The number of hydrogen-bond acceptors (Lipinski definition) is 5. The Morgan fingerprint density at radius 3 is 2.32 bits per heavy atom. The Bertz CT molecular complexity index is 1210. The van der Waals surface area contributed by atoms with Crippen molar-refractivity contribution in [3.8, 4) is 5.75 Å². The summed E-state index contributed by atoms with van der Waals surface area (Å²) in [7, 11) is 1.88. The van der Waals surface area contributed by atoms with E-state index in [9.17, 15) is 9.59 Å². The number of pyridine rings is 1. The van der Waals surface area contributed by atoms with Crippen molar-refractivity contribution in [1.29, 1.82) is 0 Å². The summed E-state index contributed by atoms with van der Waals surface area (Å²) in [6, 6.07) is 19.0. The quantitative estimate of drug-likeness (QED) is 0.425.